The van der Waals surface area contributed by atoms with Crippen LogP contribution in [0.4, 0.5) is 0 Å². The Labute approximate surface area is 316 Å². The molecule has 0 saturated heterocycles. The minimum absolute atomic E-state index is 0.195. The molecule has 256 valence electrons. The quantitative estimate of drug-likeness (QED) is 0.0761. The molecule has 8 aromatic carbocycles. The topological polar surface area (TPSA) is 0 Å². The van der Waals surface area contributed by atoms with Gasteiger partial charge in [0, 0.05) is 0 Å². The molecule has 0 saturated carbocycles. The highest BCUT2D eigenvalue weighted by molar-refractivity contribution is 7.96. The summed E-state index contributed by atoms with van der Waals surface area (Å²) in [6.45, 7) is 4.31. The molecule has 0 amide bonds. The Hall–Kier alpha value is -6.01. The molecule has 2 heteroatoms. The zero-order valence-electron chi connectivity index (χ0n) is 30.0. The van der Waals surface area contributed by atoms with Gasteiger partial charge in [0.1, 0.15) is 35.0 Å². The van der Waals surface area contributed by atoms with Crippen LogP contribution in [0.2, 0.25) is 0 Å². The van der Waals surface area contributed by atoms with Gasteiger partial charge in [0.05, 0.1) is 0 Å². The molecule has 0 fully saturated rings. The zero-order valence-corrected chi connectivity index (χ0v) is 30.9. The van der Waals surface area contributed by atoms with Crippen LogP contribution >= 0.6 is 7.26 Å². The van der Waals surface area contributed by atoms with E-state index in [9.17, 15) is 0 Å². The van der Waals surface area contributed by atoms with Crippen molar-refractivity contribution in [2.75, 3.05) is 0 Å². The van der Waals surface area contributed by atoms with Crippen LogP contribution in [0.1, 0.15) is 11.2 Å². The lowest BCUT2D eigenvalue weighted by molar-refractivity contribution is 1.21. The van der Waals surface area contributed by atoms with Crippen molar-refractivity contribution >= 4 is 51.2 Å². The average Bonchev–Trinajstić information content (AvgIpc) is 3.26. The van der Waals surface area contributed by atoms with Gasteiger partial charge in [-0.25, -0.2) is 0 Å². The normalized spacial score (nSPS) is 11.8. The standard InChI is InChI=1S/C27H24P.C24H20B/c1-2-27(23-15-7-3-8-16-23)28(24-17-9-4-10-18-24,25-19-11-5-12-20-25)26-21-13-6-14-22-26;1-5-13-21(14-6-1)25(22-15-7-2-8-16-22,23-17-9-3-10-18-23)24-19-11-4-12-20-24/h2-22,27H,1H2;1-20H/q+1;-1. The maximum Gasteiger partial charge on any atom is 0.126 e. The van der Waals surface area contributed by atoms with Crippen molar-refractivity contribution in [3.8, 4) is 0 Å². The lowest BCUT2D eigenvalue weighted by Crippen LogP contribution is -2.74. The Morgan fingerprint density at radius 2 is 0.547 bits per heavy atom. The summed E-state index contributed by atoms with van der Waals surface area (Å²) in [7, 11) is -2.00. The van der Waals surface area contributed by atoms with E-state index in [-0.39, 0.29) is 5.66 Å². The first-order valence-electron chi connectivity index (χ1n) is 18.4. The molecule has 0 nitrogen and oxygen atoms in total. The molecule has 0 N–H and O–H groups in total. The third kappa shape index (κ3) is 7.10. The third-order valence-electron chi connectivity index (χ3n) is 10.5. The van der Waals surface area contributed by atoms with E-state index in [1.807, 2.05) is 0 Å². The van der Waals surface area contributed by atoms with Gasteiger partial charge >= 0.3 is 0 Å². The minimum atomic E-state index is -2.00. The summed E-state index contributed by atoms with van der Waals surface area (Å²) < 4.78 is 0. The molecule has 53 heavy (non-hydrogen) atoms. The Morgan fingerprint density at radius 1 is 0.321 bits per heavy atom. The van der Waals surface area contributed by atoms with Gasteiger partial charge in [-0.3, -0.25) is 0 Å². The van der Waals surface area contributed by atoms with Crippen molar-refractivity contribution in [1.29, 1.82) is 0 Å². The summed E-state index contributed by atoms with van der Waals surface area (Å²) >= 11 is 0. The van der Waals surface area contributed by atoms with Crippen LogP contribution in [0.25, 0.3) is 0 Å². The van der Waals surface area contributed by atoms with E-state index < -0.39 is 13.4 Å². The monoisotopic (exact) mass is 698 g/mol. The third-order valence-corrected chi connectivity index (χ3v) is 15.2. The molecule has 8 rings (SSSR count). The summed E-state index contributed by atoms with van der Waals surface area (Å²) in [5, 5.41) is 4.13. The van der Waals surface area contributed by atoms with Crippen molar-refractivity contribution in [3.63, 3.8) is 0 Å². The summed E-state index contributed by atoms with van der Waals surface area (Å²) in [6.07, 6.45) is 0.933. The predicted molar refractivity (Wildman–Crippen MR) is 235 cm³/mol. The summed E-state index contributed by atoms with van der Waals surface area (Å²) in [6, 6.07) is 87.2. The Morgan fingerprint density at radius 3 is 0.792 bits per heavy atom. The molecule has 0 aliphatic heterocycles. The van der Waals surface area contributed by atoms with Crippen molar-refractivity contribution in [1.82, 2.24) is 0 Å². The SMILES string of the molecule is C=CC(c1ccccc1)[P+](c1ccccc1)(c1ccccc1)c1ccccc1.c1ccc([B-](c2ccccc2)(c2ccccc2)c2ccccc2)cc1. The van der Waals surface area contributed by atoms with Gasteiger partial charge in [0.15, 0.2) is 0 Å². The average molecular weight is 699 g/mol. The smallest absolute Gasteiger partial charge is 0.126 e. The molecule has 1 atom stereocenters. The first-order valence-corrected chi connectivity index (χ1v) is 20.3. The molecule has 0 bridgehead atoms. The fourth-order valence-corrected chi connectivity index (χ4v) is 12.9. The lowest BCUT2D eigenvalue weighted by atomic mass is 9.13. The van der Waals surface area contributed by atoms with Crippen molar-refractivity contribution < 1.29 is 0 Å². The second-order valence-electron chi connectivity index (χ2n) is 13.3. The number of allylic oxidation sites excluding steroid dienone is 1. The summed E-state index contributed by atoms with van der Waals surface area (Å²) in [5.74, 6) is 0. The molecule has 0 radical (unpaired) electrons. The molecule has 0 aliphatic carbocycles. The fraction of sp³-hybridized carbons (Fsp3) is 0.0196. The van der Waals surface area contributed by atoms with Crippen molar-refractivity contribution in [3.05, 3.63) is 261 Å². The number of hydrogen-bond acceptors (Lipinski definition) is 0. The molecular weight excluding hydrogens is 654 g/mol. The van der Waals surface area contributed by atoms with Crippen LogP contribution in [0.3, 0.4) is 0 Å². The second kappa shape index (κ2) is 17.0. The van der Waals surface area contributed by atoms with Crippen molar-refractivity contribution in [2.24, 2.45) is 0 Å². The molecule has 0 aliphatic rings. The summed E-state index contributed by atoms with van der Waals surface area (Å²) in [5.41, 5.74) is 6.86. The number of hydrogen-bond donors (Lipinski definition) is 0. The maximum absolute atomic E-state index is 4.31. The predicted octanol–water partition coefficient (Wildman–Crippen LogP) is 8.97. The second-order valence-corrected chi connectivity index (χ2v) is 16.9. The Kier molecular flexibility index (Phi) is 11.4. The van der Waals surface area contributed by atoms with E-state index in [0.717, 1.165) is 0 Å². The van der Waals surface area contributed by atoms with Gasteiger partial charge in [-0.2, -0.15) is 21.9 Å². The number of rotatable bonds is 10. The van der Waals surface area contributed by atoms with E-state index in [0.29, 0.717) is 0 Å². The highest BCUT2D eigenvalue weighted by atomic mass is 31.2. The van der Waals surface area contributed by atoms with Gasteiger partial charge in [0.2, 0.25) is 0 Å². The van der Waals surface area contributed by atoms with Gasteiger partial charge in [-0.1, -0.05) is 213 Å². The number of benzene rings is 8. The molecule has 0 spiro atoms. The largest absolute Gasteiger partial charge is 0.195 e. The van der Waals surface area contributed by atoms with Gasteiger partial charge in [-0.05, 0) is 48.0 Å². The first kappa shape index (κ1) is 35.4. The zero-order chi connectivity index (χ0) is 36.2. The Balaban J connectivity index is 0.000000165. The first-order chi connectivity index (χ1) is 26.3. The van der Waals surface area contributed by atoms with Crippen LogP contribution in [0.5, 0.6) is 0 Å². The van der Waals surface area contributed by atoms with Gasteiger partial charge in [0.25, 0.3) is 0 Å². The van der Waals surface area contributed by atoms with Crippen LogP contribution in [0.15, 0.2) is 255 Å². The molecular formula is C51H44BP. The summed E-state index contributed by atoms with van der Waals surface area (Å²) in [4.78, 5) is 0. The van der Waals surface area contributed by atoms with E-state index in [1.165, 1.54) is 43.3 Å². The van der Waals surface area contributed by atoms with Crippen molar-refractivity contribution in [2.45, 2.75) is 5.66 Å². The van der Waals surface area contributed by atoms with Crippen LogP contribution < -0.4 is 37.8 Å². The molecule has 0 aromatic heterocycles. The van der Waals surface area contributed by atoms with E-state index >= 15 is 0 Å². The minimum Gasteiger partial charge on any atom is -0.195 e. The highest BCUT2D eigenvalue weighted by Crippen LogP contribution is 2.67. The van der Waals surface area contributed by atoms with Gasteiger partial charge < -0.3 is 0 Å². The van der Waals surface area contributed by atoms with Crippen LogP contribution in [-0.4, -0.2) is 6.15 Å². The van der Waals surface area contributed by atoms with Gasteiger partial charge in [-0.15, -0.1) is 0 Å². The molecule has 0 heterocycles. The van der Waals surface area contributed by atoms with E-state index in [4.69, 9.17) is 0 Å². The Bertz CT molecular complexity index is 2000. The van der Waals surface area contributed by atoms with Crippen LogP contribution in [-0.2, 0) is 0 Å². The highest BCUT2D eigenvalue weighted by Gasteiger charge is 2.51. The maximum atomic E-state index is 4.31. The van der Waals surface area contributed by atoms with Crippen LogP contribution in [0, 0.1) is 0 Å². The van der Waals surface area contributed by atoms with E-state index in [1.54, 1.807) is 0 Å². The fourth-order valence-electron chi connectivity index (χ4n) is 8.21. The molecule has 8 aromatic rings. The lowest BCUT2D eigenvalue weighted by Gasteiger charge is -2.44. The molecule has 1 unspecified atom stereocenters. The van der Waals surface area contributed by atoms with E-state index in [2.05, 4.69) is 255 Å².